The number of benzene rings is 2. The van der Waals surface area contributed by atoms with Crippen molar-refractivity contribution in [2.45, 2.75) is 0 Å². The first kappa shape index (κ1) is 16.6. The topological polar surface area (TPSA) is 70.6 Å². The van der Waals surface area contributed by atoms with Gasteiger partial charge in [0.15, 0.2) is 0 Å². The summed E-state index contributed by atoms with van der Waals surface area (Å²) >= 11 is 5.82. The van der Waals surface area contributed by atoms with Crippen LogP contribution in [0.3, 0.4) is 0 Å². The van der Waals surface area contributed by atoms with Crippen molar-refractivity contribution in [3.63, 3.8) is 0 Å². The summed E-state index contributed by atoms with van der Waals surface area (Å²) in [6, 6.07) is 12.1. The number of hydrogen-bond acceptors (Lipinski definition) is 3. The molecule has 2 aromatic carbocycles. The van der Waals surface area contributed by atoms with E-state index in [1.165, 1.54) is 24.4 Å². The maximum atomic E-state index is 13.0. The summed E-state index contributed by atoms with van der Waals surface area (Å²) < 4.78 is 13.0. The SMILES string of the molecule is O=C(CNC(=O)c1cccc(F)c1)N/N=C/c1cccc(Cl)c1. The van der Waals surface area contributed by atoms with Gasteiger partial charge in [-0.2, -0.15) is 5.10 Å². The molecule has 0 unspecified atom stereocenters. The van der Waals surface area contributed by atoms with Crippen LogP contribution in [0.2, 0.25) is 5.02 Å². The maximum absolute atomic E-state index is 13.0. The summed E-state index contributed by atoms with van der Waals surface area (Å²) in [5.41, 5.74) is 3.13. The molecule has 0 atom stereocenters. The Kier molecular flexibility index (Phi) is 5.82. The van der Waals surface area contributed by atoms with E-state index < -0.39 is 17.6 Å². The van der Waals surface area contributed by atoms with Crippen LogP contribution in [0.15, 0.2) is 53.6 Å². The summed E-state index contributed by atoms with van der Waals surface area (Å²) in [6.45, 7) is -0.276. The molecule has 0 aliphatic heterocycles. The smallest absolute Gasteiger partial charge is 0.259 e. The van der Waals surface area contributed by atoms with Gasteiger partial charge in [-0.15, -0.1) is 0 Å². The summed E-state index contributed by atoms with van der Waals surface area (Å²) in [4.78, 5) is 23.3. The second-order valence-corrected chi connectivity index (χ2v) is 4.98. The fraction of sp³-hybridized carbons (Fsp3) is 0.0625. The third kappa shape index (κ3) is 5.52. The summed E-state index contributed by atoms with van der Waals surface area (Å²) in [6.07, 6.45) is 1.43. The Morgan fingerprint density at radius 1 is 1.17 bits per heavy atom. The first-order valence-corrected chi connectivity index (χ1v) is 7.03. The first-order valence-electron chi connectivity index (χ1n) is 6.66. The van der Waals surface area contributed by atoms with E-state index in [4.69, 9.17) is 11.6 Å². The molecule has 2 rings (SSSR count). The lowest BCUT2D eigenvalue weighted by atomic mass is 10.2. The Labute approximate surface area is 137 Å². The molecule has 2 aromatic rings. The number of hydrazone groups is 1. The van der Waals surface area contributed by atoms with Crippen LogP contribution < -0.4 is 10.7 Å². The second kappa shape index (κ2) is 8.05. The van der Waals surface area contributed by atoms with E-state index in [9.17, 15) is 14.0 Å². The molecule has 23 heavy (non-hydrogen) atoms. The van der Waals surface area contributed by atoms with Gasteiger partial charge in [0.05, 0.1) is 12.8 Å². The fourth-order valence-electron chi connectivity index (χ4n) is 1.70. The first-order chi connectivity index (χ1) is 11.0. The van der Waals surface area contributed by atoms with Gasteiger partial charge in [0, 0.05) is 10.6 Å². The molecule has 0 radical (unpaired) electrons. The van der Waals surface area contributed by atoms with Crippen LogP contribution in [0.25, 0.3) is 0 Å². The third-order valence-corrected chi connectivity index (χ3v) is 2.98. The van der Waals surface area contributed by atoms with Crippen molar-refractivity contribution in [2.24, 2.45) is 5.10 Å². The lowest BCUT2D eigenvalue weighted by Crippen LogP contribution is -2.34. The lowest BCUT2D eigenvalue weighted by molar-refractivity contribution is -0.120. The molecule has 7 heteroatoms. The highest BCUT2D eigenvalue weighted by Gasteiger charge is 2.08. The van der Waals surface area contributed by atoms with Crippen LogP contribution >= 0.6 is 11.6 Å². The van der Waals surface area contributed by atoms with Crippen LogP contribution in [-0.2, 0) is 4.79 Å². The molecule has 2 amide bonds. The third-order valence-electron chi connectivity index (χ3n) is 2.75. The van der Waals surface area contributed by atoms with E-state index in [0.717, 1.165) is 11.6 Å². The molecule has 0 fully saturated rings. The average Bonchev–Trinajstić information content (AvgIpc) is 2.52. The van der Waals surface area contributed by atoms with Gasteiger partial charge in [-0.1, -0.05) is 29.8 Å². The zero-order valence-corrected chi connectivity index (χ0v) is 12.7. The van der Waals surface area contributed by atoms with E-state index in [1.54, 1.807) is 24.3 Å². The van der Waals surface area contributed by atoms with Crippen LogP contribution in [0.1, 0.15) is 15.9 Å². The number of carbonyl (C=O) groups is 2. The number of halogens is 2. The number of rotatable bonds is 5. The van der Waals surface area contributed by atoms with Gasteiger partial charge < -0.3 is 5.32 Å². The van der Waals surface area contributed by atoms with Gasteiger partial charge in [0.25, 0.3) is 11.8 Å². The highest BCUT2D eigenvalue weighted by molar-refractivity contribution is 6.30. The quantitative estimate of drug-likeness (QED) is 0.651. The van der Waals surface area contributed by atoms with E-state index >= 15 is 0 Å². The van der Waals surface area contributed by atoms with Crippen molar-refractivity contribution in [3.05, 3.63) is 70.5 Å². The predicted molar refractivity (Wildman–Crippen MR) is 85.9 cm³/mol. The van der Waals surface area contributed by atoms with E-state index in [2.05, 4.69) is 15.8 Å². The van der Waals surface area contributed by atoms with Crippen molar-refractivity contribution >= 4 is 29.6 Å². The van der Waals surface area contributed by atoms with Crippen molar-refractivity contribution in [1.29, 1.82) is 0 Å². The van der Waals surface area contributed by atoms with E-state index in [-0.39, 0.29) is 12.1 Å². The summed E-state index contributed by atoms with van der Waals surface area (Å²) in [5.74, 6) is -1.57. The van der Waals surface area contributed by atoms with Gasteiger partial charge in [0.1, 0.15) is 5.82 Å². The highest BCUT2D eigenvalue weighted by atomic mass is 35.5. The number of nitrogens with one attached hydrogen (secondary N) is 2. The zero-order chi connectivity index (χ0) is 16.7. The van der Waals surface area contributed by atoms with Crippen LogP contribution in [0, 0.1) is 5.82 Å². The summed E-state index contributed by atoms with van der Waals surface area (Å²) in [7, 11) is 0. The van der Waals surface area contributed by atoms with E-state index in [0.29, 0.717) is 5.02 Å². The Hall–Kier alpha value is -2.73. The minimum Gasteiger partial charge on any atom is -0.343 e. The monoisotopic (exact) mass is 333 g/mol. The zero-order valence-electron chi connectivity index (χ0n) is 11.9. The minimum atomic E-state index is -0.543. The number of amides is 2. The molecule has 0 spiro atoms. The van der Waals surface area contributed by atoms with Gasteiger partial charge in [-0.3, -0.25) is 9.59 Å². The second-order valence-electron chi connectivity index (χ2n) is 4.54. The Morgan fingerprint density at radius 3 is 2.70 bits per heavy atom. The molecule has 118 valence electrons. The molecular formula is C16H13ClFN3O2. The van der Waals surface area contributed by atoms with Crippen molar-refractivity contribution in [3.8, 4) is 0 Å². The maximum Gasteiger partial charge on any atom is 0.259 e. The molecule has 0 heterocycles. The number of hydrogen-bond donors (Lipinski definition) is 2. The Morgan fingerprint density at radius 2 is 1.96 bits per heavy atom. The van der Waals surface area contributed by atoms with Crippen molar-refractivity contribution in [1.82, 2.24) is 10.7 Å². The normalized spacial score (nSPS) is 10.5. The van der Waals surface area contributed by atoms with Crippen LogP contribution in [0.4, 0.5) is 4.39 Å². The largest absolute Gasteiger partial charge is 0.343 e. The lowest BCUT2D eigenvalue weighted by Gasteiger charge is -2.04. The molecule has 0 bridgehead atoms. The molecule has 0 aliphatic rings. The van der Waals surface area contributed by atoms with Gasteiger partial charge in [0.2, 0.25) is 0 Å². The predicted octanol–water partition coefficient (Wildman–Crippen LogP) is 2.36. The standard InChI is InChI=1S/C16H13ClFN3O2/c17-13-5-1-3-11(7-13)9-20-21-15(22)10-19-16(23)12-4-2-6-14(18)8-12/h1-9H,10H2,(H,19,23)(H,21,22)/b20-9+. The number of nitrogens with zero attached hydrogens (tertiary/aromatic N) is 1. The van der Waals surface area contributed by atoms with Crippen molar-refractivity contribution in [2.75, 3.05) is 6.54 Å². The molecular weight excluding hydrogens is 321 g/mol. The van der Waals surface area contributed by atoms with Gasteiger partial charge >= 0.3 is 0 Å². The molecule has 0 aromatic heterocycles. The highest BCUT2D eigenvalue weighted by Crippen LogP contribution is 2.08. The number of carbonyl (C=O) groups excluding carboxylic acids is 2. The molecule has 0 aliphatic carbocycles. The fourth-order valence-corrected chi connectivity index (χ4v) is 1.90. The average molecular weight is 334 g/mol. The Balaban J connectivity index is 1.80. The van der Waals surface area contributed by atoms with Gasteiger partial charge in [-0.05, 0) is 35.9 Å². The summed E-state index contributed by atoms with van der Waals surface area (Å²) in [5, 5.41) is 6.68. The molecule has 0 saturated carbocycles. The molecule has 5 nitrogen and oxygen atoms in total. The molecule has 2 N–H and O–H groups in total. The van der Waals surface area contributed by atoms with E-state index in [1.807, 2.05) is 0 Å². The Bertz CT molecular complexity index is 750. The molecule has 0 saturated heterocycles. The van der Waals surface area contributed by atoms with Crippen LogP contribution in [-0.4, -0.2) is 24.6 Å². The van der Waals surface area contributed by atoms with Crippen molar-refractivity contribution < 1.29 is 14.0 Å². The van der Waals surface area contributed by atoms with Gasteiger partial charge in [-0.25, -0.2) is 9.82 Å². The van der Waals surface area contributed by atoms with Crippen LogP contribution in [0.5, 0.6) is 0 Å². The minimum absolute atomic E-state index is 0.139.